The molecule has 0 saturated carbocycles. The third-order valence-corrected chi connectivity index (χ3v) is 2.95. The lowest BCUT2D eigenvalue weighted by Crippen LogP contribution is -2.23. The Bertz CT molecular complexity index is 1080. The first-order valence-corrected chi connectivity index (χ1v) is 6.97. The van der Waals surface area contributed by atoms with Gasteiger partial charge in [-0.1, -0.05) is 5.92 Å². The number of nitrogens with zero attached hydrogens (tertiary/aromatic N) is 2. The summed E-state index contributed by atoms with van der Waals surface area (Å²) in [7, 11) is 0. The maximum absolute atomic E-state index is 13.6. The first-order chi connectivity index (χ1) is 14.5. The van der Waals surface area contributed by atoms with Gasteiger partial charge in [-0.3, -0.25) is 20.2 Å². The fourth-order valence-corrected chi connectivity index (χ4v) is 1.75. The van der Waals surface area contributed by atoms with E-state index >= 15 is 0 Å². The van der Waals surface area contributed by atoms with Gasteiger partial charge in [0, 0.05) is 12.1 Å². The highest BCUT2D eigenvalue weighted by molar-refractivity contribution is 5.91. The van der Waals surface area contributed by atoms with Gasteiger partial charge in [-0.25, -0.2) is 9.18 Å². The number of esters is 1. The van der Waals surface area contributed by atoms with Crippen molar-refractivity contribution in [3.63, 3.8) is 0 Å². The molecule has 0 saturated heterocycles. The van der Waals surface area contributed by atoms with Crippen LogP contribution in [0.3, 0.4) is 0 Å². The topological polar surface area (TPSA) is 122 Å². The molecule has 1 atom stereocenters. The van der Waals surface area contributed by atoms with Crippen molar-refractivity contribution in [3.8, 4) is 18.1 Å². The molecule has 10 heteroatoms. The predicted octanol–water partition coefficient (Wildman–Crippen LogP) is 2.88. The first kappa shape index (κ1) is 14.2. The van der Waals surface area contributed by atoms with E-state index in [1.54, 1.807) is 0 Å². The van der Waals surface area contributed by atoms with Crippen LogP contribution < -0.4 is 4.74 Å². The summed E-state index contributed by atoms with van der Waals surface area (Å²) in [5.41, 5.74) is -2.00. The molecule has 0 aliphatic carbocycles. The molecule has 0 aliphatic heterocycles. The van der Waals surface area contributed by atoms with E-state index in [0.29, 0.717) is 6.07 Å². The lowest BCUT2D eigenvalue weighted by Gasteiger charge is -2.13. The van der Waals surface area contributed by atoms with Crippen molar-refractivity contribution in [2.75, 3.05) is 6.61 Å². The third-order valence-electron chi connectivity index (χ3n) is 2.95. The molecule has 0 bridgehead atoms. The molecule has 0 amide bonds. The summed E-state index contributed by atoms with van der Waals surface area (Å²) in [5, 5.41) is 21.8. The van der Waals surface area contributed by atoms with E-state index in [-0.39, 0.29) is 0 Å². The molecule has 0 aliphatic rings. The van der Waals surface area contributed by atoms with E-state index in [4.69, 9.17) is 21.4 Å². The minimum atomic E-state index is -1.49. The van der Waals surface area contributed by atoms with Gasteiger partial charge in [-0.05, 0) is 24.2 Å². The van der Waals surface area contributed by atoms with E-state index < -0.39 is 81.2 Å². The number of rotatable bonds is 7. The largest absolute Gasteiger partial charge is 0.489 e. The average molecular weight is 378 g/mol. The van der Waals surface area contributed by atoms with Gasteiger partial charge in [0.25, 0.3) is 11.4 Å². The van der Waals surface area contributed by atoms with Gasteiger partial charge in [0.1, 0.15) is 18.2 Å². The lowest BCUT2D eigenvalue weighted by atomic mass is 10.1. The van der Waals surface area contributed by atoms with Crippen molar-refractivity contribution in [1.29, 1.82) is 0 Å². The SMILES string of the molecule is [2H]c1c([2H])c(OCC(C#C)OC(=O)c2cc([N+](=O)[O-])cc([N+](=O)[O-])c2)c([2H])c([2H])c1F. The molecular weight excluding hydrogens is 363 g/mol. The number of hydrogen-bond acceptors (Lipinski definition) is 7. The molecule has 2 aromatic carbocycles. The Labute approximate surface area is 157 Å². The van der Waals surface area contributed by atoms with Gasteiger partial charge in [-0.2, -0.15) is 0 Å². The molecule has 0 heterocycles. The maximum atomic E-state index is 13.6. The van der Waals surface area contributed by atoms with Crippen molar-refractivity contribution < 1.29 is 34.0 Å². The number of carbonyl (C=O) groups excluding carboxylic acids is 1. The molecule has 27 heavy (non-hydrogen) atoms. The molecule has 0 fully saturated rings. The Balaban J connectivity index is 2.24. The number of ether oxygens (including phenoxy) is 2. The van der Waals surface area contributed by atoms with Crippen LogP contribution in [0.15, 0.2) is 42.4 Å². The van der Waals surface area contributed by atoms with Gasteiger partial charge in [0.05, 0.1) is 27.0 Å². The van der Waals surface area contributed by atoms with Gasteiger partial charge in [-0.15, -0.1) is 6.42 Å². The second-order valence-corrected chi connectivity index (χ2v) is 4.77. The summed E-state index contributed by atoms with van der Waals surface area (Å²) in [6, 6.07) is -1.47. The third kappa shape index (κ3) is 5.23. The Morgan fingerprint density at radius 2 is 1.74 bits per heavy atom. The van der Waals surface area contributed by atoms with Crippen LogP contribution in [0.2, 0.25) is 0 Å². The number of non-ortho nitro benzene ring substituents is 2. The predicted molar refractivity (Wildman–Crippen MR) is 89.7 cm³/mol. The van der Waals surface area contributed by atoms with E-state index in [9.17, 15) is 29.4 Å². The highest BCUT2D eigenvalue weighted by atomic mass is 19.1. The highest BCUT2D eigenvalue weighted by Gasteiger charge is 2.22. The van der Waals surface area contributed by atoms with Crippen molar-refractivity contribution in [2.45, 2.75) is 6.10 Å². The normalized spacial score (nSPS) is 13.2. The van der Waals surface area contributed by atoms with Crippen LogP contribution in [0.1, 0.15) is 15.8 Å². The Kier molecular flexibility index (Phi) is 4.41. The number of nitro benzene ring substituents is 2. The van der Waals surface area contributed by atoms with Crippen molar-refractivity contribution in [2.24, 2.45) is 0 Å². The van der Waals surface area contributed by atoms with Gasteiger partial charge in [0.15, 0.2) is 6.10 Å². The zero-order valence-corrected chi connectivity index (χ0v) is 13.2. The summed E-state index contributed by atoms with van der Waals surface area (Å²) in [5.74, 6) is -1.27. The summed E-state index contributed by atoms with van der Waals surface area (Å²) in [6.45, 7) is -0.679. The van der Waals surface area contributed by atoms with E-state index in [2.05, 4.69) is 0 Å². The summed E-state index contributed by atoms with van der Waals surface area (Å²) < 4.78 is 53.6. The quantitative estimate of drug-likeness (QED) is 0.314. The second-order valence-electron chi connectivity index (χ2n) is 4.77. The smallest absolute Gasteiger partial charge is 0.340 e. The zero-order valence-electron chi connectivity index (χ0n) is 17.2. The molecule has 0 radical (unpaired) electrons. The van der Waals surface area contributed by atoms with E-state index in [1.807, 2.05) is 5.92 Å². The van der Waals surface area contributed by atoms with Crippen molar-refractivity contribution >= 4 is 17.3 Å². The van der Waals surface area contributed by atoms with Crippen LogP contribution in [0.5, 0.6) is 5.75 Å². The molecular formula is C17H11FN2O7. The van der Waals surface area contributed by atoms with Crippen LogP contribution in [0.25, 0.3) is 0 Å². The molecule has 2 aromatic rings. The minimum absolute atomic E-state index is 0.535. The fourth-order valence-electron chi connectivity index (χ4n) is 1.75. The van der Waals surface area contributed by atoms with Gasteiger partial charge in [0.2, 0.25) is 0 Å². The van der Waals surface area contributed by atoms with Crippen LogP contribution in [-0.2, 0) is 4.74 Å². The molecule has 1 unspecified atom stereocenters. The standard InChI is InChI=1S/C17H11FN2O7/c1-2-15(10-26-16-5-3-12(18)4-6-16)27-17(21)11-7-13(19(22)23)9-14(8-11)20(24)25/h1,3-9,15H,10H2/i3D,4D,5D,6D. The molecule has 0 N–H and O–H groups in total. The molecule has 138 valence electrons. The molecule has 2 rings (SSSR count). The van der Waals surface area contributed by atoms with Crippen LogP contribution in [0, 0.1) is 38.4 Å². The van der Waals surface area contributed by atoms with Gasteiger partial charge < -0.3 is 9.47 Å². The number of hydrogen-bond donors (Lipinski definition) is 0. The van der Waals surface area contributed by atoms with Crippen molar-refractivity contribution in [1.82, 2.24) is 0 Å². The molecule has 9 nitrogen and oxygen atoms in total. The maximum Gasteiger partial charge on any atom is 0.340 e. The fraction of sp³-hybridized carbons (Fsp3) is 0.118. The number of terminal acetylenes is 1. The first-order valence-electron chi connectivity index (χ1n) is 8.97. The monoisotopic (exact) mass is 378 g/mol. The lowest BCUT2D eigenvalue weighted by molar-refractivity contribution is -0.394. The summed E-state index contributed by atoms with van der Waals surface area (Å²) in [6.07, 6.45) is 3.74. The molecule has 0 aromatic heterocycles. The number of nitro groups is 2. The summed E-state index contributed by atoms with van der Waals surface area (Å²) in [4.78, 5) is 32.2. The Morgan fingerprint density at radius 1 is 1.19 bits per heavy atom. The van der Waals surface area contributed by atoms with Crippen LogP contribution >= 0.6 is 0 Å². The Morgan fingerprint density at radius 3 is 2.22 bits per heavy atom. The van der Waals surface area contributed by atoms with Crippen molar-refractivity contribution in [3.05, 3.63) is 74.0 Å². The summed E-state index contributed by atoms with van der Waals surface area (Å²) >= 11 is 0. The number of benzene rings is 2. The Hall–Kier alpha value is -4.00. The second kappa shape index (κ2) is 8.39. The minimum Gasteiger partial charge on any atom is -0.489 e. The molecule has 0 spiro atoms. The van der Waals surface area contributed by atoms with E-state index in [0.717, 1.165) is 12.1 Å². The number of halogens is 1. The average Bonchev–Trinajstić information content (AvgIpc) is 2.74. The highest BCUT2D eigenvalue weighted by Crippen LogP contribution is 2.23. The number of carbonyl (C=O) groups is 1. The van der Waals surface area contributed by atoms with Gasteiger partial charge >= 0.3 is 5.97 Å². The van der Waals surface area contributed by atoms with E-state index in [1.165, 1.54) is 0 Å². The van der Waals surface area contributed by atoms with Crippen LogP contribution in [-0.4, -0.2) is 28.5 Å². The van der Waals surface area contributed by atoms with Crippen LogP contribution in [0.4, 0.5) is 15.8 Å². The zero-order chi connectivity index (χ0) is 23.5.